The van der Waals surface area contributed by atoms with Crippen LogP contribution in [0.2, 0.25) is 5.02 Å². The number of nitrogens with one attached hydrogen (secondary N) is 2. The predicted molar refractivity (Wildman–Crippen MR) is 103 cm³/mol. The number of anilines is 1. The van der Waals surface area contributed by atoms with Crippen molar-refractivity contribution in [1.29, 1.82) is 0 Å². The molecule has 0 spiro atoms. The lowest BCUT2D eigenvalue weighted by Gasteiger charge is -2.48. The molecule has 4 heterocycles. The third-order valence-electron chi connectivity index (χ3n) is 5.30. The van der Waals surface area contributed by atoms with Gasteiger partial charge in [0.15, 0.2) is 5.11 Å². The molecule has 8 heteroatoms. The summed E-state index contributed by atoms with van der Waals surface area (Å²) in [6.07, 6.45) is 0. The SMILES string of the molecule is CC12CN3CCN(CC(C3)/C1=N\NC(=S)Nc1ccc(F)c(Cl)c1)C2. The molecular weight excluding hydrogens is 361 g/mol. The van der Waals surface area contributed by atoms with Gasteiger partial charge in [0.1, 0.15) is 5.82 Å². The van der Waals surface area contributed by atoms with E-state index in [0.717, 1.165) is 39.3 Å². The Balaban J connectivity index is 1.46. The van der Waals surface area contributed by atoms with Crippen molar-refractivity contribution in [1.82, 2.24) is 15.2 Å². The van der Waals surface area contributed by atoms with Crippen LogP contribution in [0, 0.1) is 17.2 Å². The Bertz CT molecular complexity index is 724. The summed E-state index contributed by atoms with van der Waals surface area (Å²) in [5, 5.41) is 8.12. The Hall–Kier alpha value is -1.28. The van der Waals surface area contributed by atoms with Crippen molar-refractivity contribution in [2.75, 3.05) is 44.6 Å². The molecule has 2 N–H and O–H groups in total. The molecule has 4 saturated heterocycles. The molecule has 5 rings (SSSR count). The summed E-state index contributed by atoms with van der Waals surface area (Å²) in [5.41, 5.74) is 4.89. The summed E-state index contributed by atoms with van der Waals surface area (Å²) in [6, 6.07) is 4.41. The maximum atomic E-state index is 13.2. The van der Waals surface area contributed by atoms with Gasteiger partial charge in [-0.1, -0.05) is 18.5 Å². The fraction of sp³-hybridized carbons (Fsp3) is 0.529. The van der Waals surface area contributed by atoms with Gasteiger partial charge in [-0.3, -0.25) is 5.43 Å². The molecule has 4 fully saturated rings. The number of piperidine rings is 2. The van der Waals surface area contributed by atoms with E-state index in [-0.39, 0.29) is 10.4 Å². The second-order valence-corrected chi connectivity index (χ2v) is 8.24. The van der Waals surface area contributed by atoms with Crippen molar-refractivity contribution in [2.45, 2.75) is 6.92 Å². The number of rotatable bonds is 2. The summed E-state index contributed by atoms with van der Waals surface area (Å²) in [7, 11) is 0. The van der Waals surface area contributed by atoms with Crippen molar-refractivity contribution < 1.29 is 4.39 Å². The molecular formula is C17H21ClFN5S. The first-order valence-electron chi connectivity index (χ1n) is 8.48. The normalized spacial score (nSPS) is 34.8. The van der Waals surface area contributed by atoms with E-state index in [2.05, 4.69) is 32.6 Å². The van der Waals surface area contributed by atoms with E-state index in [1.165, 1.54) is 17.8 Å². The number of benzene rings is 1. The molecule has 0 aliphatic carbocycles. The molecule has 134 valence electrons. The maximum Gasteiger partial charge on any atom is 0.191 e. The molecule has 1 aromatic rings. The van der Waals surface area contributed by atoms with Crippen molar-refractivity contribution in [3.8, 4) is 0 Å². The van der Waals surface area contributed by atoms with E-state index in [0.29, 0.717) is 16.7 Å². The number of hydrogen-bond donors (Lipinski definition) is 2. The number of hydrazone groups is 1. The van der Waals surface area contributed by atoms with Crippen LogP contribution in [0.1, 0.15) is 6.92 Å². The van der Waals surface area contributed by atoms with Crippen LogP contribution in [0.5, 0.6) is 0 Å². The fourth-order valence-corrected chi connectivity index (χ4v) is 4.71. The van der Waals surface area contributed by atoms with Crippen molar-refractivity contribution in [3.05, 3.63) is 29.0 Å². The highest BCUT2D eigenvalue weighted by Gasteiger charge is 2.49. The minimum atomic E-state index is -0.450. The minimum absolute atomic E-state index is 0.0620. The van der Waals surface area contributed by atoms with Gasteiger partial charge in [0.05, 0.1) is 10.7 Å². The quantitative estimate of drug-likeness (QED) is 0.608. The van der Waals surface area contributed by atoms with Gasteiger partial charge >= 0.3 is 0 Å². The minimum Gasteiger partial charge on any atom is -0.331 e. The van der Waals surface area contributed by atoms with Gasteiger partial charge in [0.25, 0.3) is 0 Å². The number of fused-ring (bicyclic) bond motifs is 1. The van der Waals surface area contributed by atoms with Crippen LogP contribution in [0.3, 0.4) is 0 Å². The van der Waals surface area contributed by atoms with Crippen molar-refractivity contribution >= 4 is 40.3 Å². The van der Waals surface area contributed by atoms with Crippen LogP contribution in [-0.4, -0.2) is 59.9 Å². The third kappa shape index (κ3) is 3.38. The number of thiocarbonyl (C=S) groups is 1. The number of nitrogens with zero attached hydrogens (tertiary/aromatic N) is 3. The lowest BCUT2D eigenvalue weighted by molar-refractivity contribution is 0.130. The zero-order valence-electron chi connectivity index (χ0n) is 14.1. The van der Waals surface area contributed by atoms with Gasteiger partial charge < -0.3 is 15.1 Å². The topological polar surface area (TPSA) is 42.9 Å². The van der Waals surface area contributed by atoms with E-state index in [1.807, 2.05) is 0 Å². The van der Waals surface area contributed by atoms with Crippen molar-refractivity contribution in [3.63, 3.8) is 0 Å². The largest absolute Gasteiger partial charge is 0.331 e. The van der Waals surface area contributed by atoms with Gasteiger partial charge in [-0.05, 0) is 30.4 Å². The fourth-order valence-electron chi connectivity index (χ4n) is 4.37. The molecule has 4 aliphatic heterocycles. The van der Waals surface area contributed by atoms with Gasteiger partial charge in [-0.2, -0.15) is 5.10 Å². The molecule has 5 nitrogen and oxygen atoms in total. The molecule has 2 atom stereocenters. The van der Waals surface area contributed by atoms with Gasteiger partial charge in [0, 0.05) is 56.3 Å². The molecule has 4 aliphatic rings. The second-order valence-electron chi connectivity index (χ2n) is 7.42. The highest BCUT2D eigenvalue weighted by atomic mass is 35.5. The van der Waals surface area contributed by atoms with E-state index in [9.17, 15) is 4.39 Å². The monoisotopic (exact) mass is 381 g/mol. The number of halogens is 2. The lowest BCUT2D eigenvalue weighted by atomic mass is 9.72. The van der Waals surface area contributed by atoms with Crippen LogP contribution in [0.25, 0.3) is 0 Å². The number of hydrogen-bond acceptors (Lipinski definition) is 4. The van der Waals surface area contributed by atoms with Crippen LogP contribution >= 0.6 is 23.8 Å². The first kappa shape index (κ1) is 17.1. The summed E-state index contributed by atoms with van der Waals surface area (Å²) < 4.78 is 13.2. The van der Waals surface area contributed by atoms with E-state index >= 15 is 0 Å². The lowest BCUT2D eigenvalue weighted by Crippen LogP contribution is -2.60. The standard InChI is InChI=1S/C17H21ClFN5S/c1-17-9-23-4-5-24(10-17)8-11(7-23)15(17)21-22-16(25)20-12-2-3-14(19)13(18)6-12/h2-3,6,11H,4-5,7-10H2,1H3,(H2,20,22,25)/b21-15+. The summed E-state index contributed by atoms with van der Waals surface area (Å²) in [5.74, 6) is -0.000473. The summed E-state index contributed by atoms with van der Waals surface area (Å²) >= 11 is 11.1. The Morgan fingerprint density at radius 1 is 1.32 bits per heavy atom. The maximum absolute atomic E-state index is 13.2. The molecule has 0 amide bonds. The highest BCUT2D eigenvalue weighted by molar-refractivity contribution is 7.80. The average molecular weight is 382 g/mol. The molecule has 1 aromatic carbocycles. The molecule has 0 aromatic heterocycles. The van der Waals surface area contributed by atoms with Gasteiger partial charge in [-0.15, -0.1) is 0 Å². The average Bonchev–Trinajstić information content (AvgIpc) is 2.77. The summed E-state index contributed by atoms with van der Waals surface area (Å²) in [4.78, 5) is 5.10. The zero-order valence-corrected chi connectivity index (χ0v) is 15.6. The van der Waals surface area contributed by atoms with Gasteiger partial charge in [-0.25, -0.2) is 4.39 Å². The highest BCUT2D eigenvalue weighted by Crippen LogP contribution is 2.38. The third-order valence-corrected chi connectivity index (χ3v) is 5.78. The van der Waals surface area contributed by atoms with Crippen molar-refractivity contribution in [2.24, 2.45) is 16.4 Å². The smallest absolute Gasteiger partial charge is 0.191 e. The van der Waals surface area contributed by atoms with Crippen LogP contribution in [0.15, 0.2) is 23.3 Å². The first-order chi connectivity index (χ1) is 11.9. The molecule has 0 saturated carbocycles. The second kappa shape index (κ2) is 6.46. The summed E-state index contributed by atoms with van der Waals surface area (Å²) in [6.45, 7) is 8.83. The van der Waals surface area contributed by atoms with E-state index < -0.39 is 5.82 Å². The van der Waals surface area contributed by atoms with Crippen LogP contribution in [-0.2, 0) is 0 Å². The Morgan fingerprint density at radius 3 is 2.60 bits per heavy atom. The van der Waals surface area contributed by atoms with E-state index in [4.69, 9.17) is 23.8 Å². The Kier molecular flexibility index (Phi) is 4.43. The Labute approximate surface area is 157 Å². The van der Waals surface area contributed by atoms with Crippen LogP contribution in [0.4, 0.5) is 10.1 Å². The zero-order chi connectivity index (χ0) is 17.6. The first-order valence-corrected chi connectivity index (χ1v) is 9.26. The predicted octanol–water partition coefficient (Wildman–Crippen LogP) is 2.39. The van der Waals surface area contributed by atoms with Crippen LogP contribution < -0.4 is 10.7 Å². The Morgan fingerprint density at radius 2 is 2.00 bits per heavy atom. The van der Waals surface area contributed by atoms with E-state index in [1.54, 1.807) is 6.07 Å². The van der Waals surface area contributed by atoms with Gasteiger partial charge in [0.2, 0.25) is 0 Å². The molecule has 0 radical (unpaired) electrons. The molecule has 4 bridgehead atoms. The molecule has 25 heavy (non-hydrogen) atoms. The molecule has 2 unspecified atom stereocenters.